The molecule has 0 radical (unpaired) electrons. The number of aliphatic imine (C=N–C) groups is 1. The fraction of sp³-hybridized carbons (Fsp3) is 0.550. The van der Waals surface area contributed by atoms with Gasteiger partial charge >= 0.3 is 0 Å². The molecule has 0 heterocycles. The van der Waals surface area contributed by atoms with Crippen LogP contribution in [-0.2, 0) is 16.1 Å². The molecule has 7 nitrogen and oxygen atoms in total. The molecule has 28 heavy (non-hydrogen) atoms. The molecule has 0 unspecified atom stereocenters. The Hall–Kier alpha value is -1.84. The van der Waals surface area contributed by atoms with Crippen molar-refractivity contribution in [2.75, 3.05) is 34.2 Å². The Labute approximate surface area is 184 Å². The van der Waals surface area contributed by atoms with Crippen LogP contribution in [0, 0.1) is 5.41 Å². The minimum atomic E-state index is -0.378. The lowest BCUT2D eigenvalue weighted by Gasteiger charge is -2.31. The van der Waals surface area contributed by atoms with E-state index in [9.17, 15) is 9.59 Å². The smallest absolute Gasteiger partial charge is 0.239 e. The van der Waals surface area contributed by atoms with Gasteiger partial charge in [-0.15, -0.1) is 24.0 Å². The Morgan fingerprint density at radius 3 is 2.29 bits per heavy atom. The number of nitrogens with zero attached hydrogens (tertiary/aromatic N) is 2. The van der Waals surface area contributed by atoms with Crippen molar-refractivity contribution in [3.8, 4) is 0 Å². The first-order chi connectivity index (χ1) is 13.0. The zero-order valence-electron chi connectivity index (χ0n) is 17.0. The first-order valence-electron chi connectivity index (χ1n) is 9.44. The van der Waals surface area contributed by atoms with Crippen LogP contribution in [0.25, 0.3) is 0 Å². The third kappa shape index (κ3) is 6.96. The van der Waals surface area contributed by atoms with Crippen molar-refractivity contribution in [2.45, 2.75) is 32.2 Å². The largest absolute Gasteiger partial charge is 0.355 e. The van der Waals surface area contributed by atoms with Gasteiger partial charge in [-0.25, -0.2) is 0 Å². The topological polar surface area (TPSA) is 85.8 Å². The quantitative estimate of drug-likeness (QED) is 0.302. The van der Waals surface area contributed by atoms with E-state index in [1.807, 2.05) is 30.3 Å². The molecule has 156 valence electrons. The second-order valence-corrected chi connectivity index (χ2v) is 7.23. The molecule has 0 atom stereocenters. The van der Waals surface area contributed by atoms with Gasteiger partial charge in [0.25, 0.3) is 0 Å². The fourth-order valence-electron chi connectivity index (χ4n) is 3.49. The second-order valence-electron chi connectivity index (χ2n) is 7.23. The monoisotopic (exact) mass is 501 g/mol. The minimum Gasteiger partial charge on any atom is -0.355 e. The average Bonchev–Trinajstić information content (AvgIpc) is 3.16. The Bertz CT molecular complexity index is 658. The van der Waals surface area contributed by atoms with Crippen molar-refractivity contribution < 1.29 is 9.59 Å². The van der Waals surface area contributed by atoms with Crippen molar-refractivity contribution in [3.63, 3.8) is 0 Å². The van der Waals surface area contributed by atoms with Gasteiger partial charge in [-0.1, -0.05) is 43.2 Å². The highest BCUT2D eigenvalue weighted by Gasteiger charge is 2.42. The summed E-state index contributed by atoms with van der Waals surface area (Å²) in [5, 5.41) is 9.12. The van der Waals surface area contributed by atoms with Gasteiger partial charge in [0.2, 0.25) is 11.8 Å². The lowest BCUT2D eigenvalue weighted by atomic mass is 9.84. The van der Waals surface area contributed by atoms with Gasteiger partial charge in [0.15, 0.2) is 5.96 Å². The van der Waals surface area contributed by atoms with E-state index in [0.29, 0.717) is 19.0 Å². The van der Waals surface area contributed by atoms with Crippen LogP contribution in [0.1, 0.15) is 31.2 Å². The molecule has 0 bridgehead atoms. The molecular formula is C20H32IN5O2. The number of rotatable bonds is 7. The molecule has 1 aliphatic rings. The van der Waals surface area contributed by atoms with Crippen LogP contribution in [0.3, 0.4) is 0 Å². The van der Waals surface area contributed by atoms with Crippen LogP contribution in [0.2, 0.25) is 0 Å². The molecule has 0 aliphatic heterocycles. The van der Waals surface area contributed by atoms with Gasteiger partial charge in [-0.3, -0.25) is 14.6 Å². The third-order valence-electron chi connectivity index (χ3n) is 4.99. The summed E-state index contributed by atoms with van der Waals surface area (Å²) in [5.41, 5.74) is 0.676. The normalized spacial score (nSPS) is 15.3. The van der Waals surface area contributed by atoms with Crippen molar-refractivity contribution in [3.05, 3.63) is 35.9 Å². The van der Waals surface area contributed by atoms with Crippen LogP contribution < -0.4 is 16.0 Å². The number of benzene rings is 1. The van der Waals surface area contributed by atoms with Gasteiger partial charge in [-0.05, 0) is 18.4 Å². The fourth-order valence-corrected chi connectivity index (χ4v) is 3.49. The van der Waals surface area contributed by atoms with Crippen LogP contribution in [-0.4, -0.2) is 56.9 Å². The number of halogens is 1. The Kier molecular flexibility index (Phi) is 10.3. The maximum absolute atomic E-state index is 12.6. The predicted molar refractivity (Wildman–Crippen MR) is 123 cm³/mol. The standard InChI is InChI=1S/C20H31N5O2.HI/c1-21-19(23-14-17(26)22-13-16-9-5-4-6-10-16)24-15-20(11-7-8-12-20)18(27)25(2)3;/h4-6,9-10H,7-8,11-15H2,1-3H3,(H,22,26)(H2,21,23,24);1H. The number of hydrogen-bond acceptors (Lipinski definition) is 3. The van der Waals surface area contributed by atoms with E-state index < -0.39 is 0 Å². The lowest BCUT2D eigenvalue weighted by Crippen LogP contribution is -2.50. The molecule has 8 heteroatoms. The Balaban J connectivity index is 0.00000392. The molecule has 1 aromatic rings. The predicted octanol–water partition coefficient (Wildman–Crippen LogP) is 1.73. The highest BCUT2D eigenvalue weighted by Crippen LogP contribution is 2.38. The maximum Gasteiger partial charge on any atom is 0.239 e. The highest BCUT2D eigenvalue weighted by atomic mass is 127. The summed E-state index contributed by atoms with van der Waals surface area (Å²) in [4.78, 5) is 30.5. The van der Waals surface area contributed by atoms with Crippen LogP contribution in [0.15, 0.2) is 35.3 Å². The van der Waals surface area contributed by atoms with Gasteiger partial charge < -0.3 is 20.9 Å². The summed E-state index contributed by atoms with van der Waals surface area (Å²) in [6.07, 6.45) is 3.89. The van der Waals surface area contributed by atoms with Crippen LogP contribution >= 0.6 is 24.0 Å². The SMILES string of the molecule is CN=C(NCC(=O)NCc1ccccc1)NCC1(C(=O)N(C)C)CCCC1.I. The van der Waals surface area contributed by atoms with Crippen molar-refractivity contribution in [1.29, 1.82) is 0 Å². The van der Waals surface area contributed by atoms with Gasteiger partial charge in [0.05, 0.1) is 12.0 Å². The first kappa shape index (κ1) is 24.2. The van der Waals surface area contributed by atoms with Gasteiger partial charge in [0.1, 0.15) is 0 Å². The molecule has 3 N–H and O–H groups in total. The zero-order valence-corrected chi connectivity index (χ0v) is 19.3. The summed E-state index contributed by atoms with van der Waals surface area (Å²) in [5.74, 6) is 0.577. The number of nitrogens with one attached hydrogen (secondary N) is 3. The number of guanidine groups is 1. The lowest BCUT2D eigenvalue weighted by molar-refractivity contribution is -0.138. The van der Waals surface area contributed by atoms with Crippen LogP contribution in [0.4, 0.5) is 0 Å². The summed E-state index contributed by atoms with van der Waals surface area (Å²) < 4.78 is 0. The van der Waals surface area contributed by atoms with E-state index in [-0.39, 0.29) is 47.8 Å². The molecule has 2 amide bonds. The molecule has 0 spiro atoms. The van der Waals surface area contributed by atoms with E-state index >= 15 is 0 Å². The van der Waals surface area contributed by atoms with E-state index in [2.05, 4.69) is 20.9 Å². The molecule has 1 aliphatic carbocycles. The maximum atomic E-state index is 12.6. The van der Waals surface area contributed by atoms with Gasteiger partial charge in [-0.2, -0.15) is 0 Å². The van der Waals surface area contributed by atoms with E-state index in [0.717, 1.165) is 31.2 Å². The average molecular weight is 501 g/mol. The zero-order chi connectivity index (χ0) is 19.7. The minimum absolute atomic E-state index is 0. The molecular weight excluding hydrogens is 469 g/mol. The summed E-state index contributed by atoms with van der Waals surface area (Å²) in [6, 6.07) is 9.77. The summed E-state index contributed by atoms with van der Waals surface area (Å²) in [6.45, 7) is 1.14. The Morgan fingerprint density at radius 2 is 1.71 bits per heavy atom. The number of carbonyl (C=O) groups excluding carboxylic acids is 2. The van der Waals surface area contributed by atoms with Crippen molar-refractivity contribution >= 4 is 41.8 Å². The molecule has 2 rings (SSSR count). The molecule has 1 saturated carbocycles. The second kappa shape index (κ2) is 11.9. The van der Waals surface area contributed by atoms with E-state index in [4.69, 9.17) is 0 Å². The van der Waals surface area contributed by atoms with Gasteiger partial charge in [0, 0.05) is 34.2 Å². The van der Waals surface area contributed by atoms with E-state index in [1.54, 1.807) is 26.0 Å². The summed E-state index contributed by atoms with van der Waals surface area (Å²) in [7, 11) is 5.26. The first-order valence-corrected chi connectivity index (χ1v) is 9.44. The van der Waals surface area contributed by atoms with Crippen LogP contribution in [0.5, 0.6) is 0 Å². The third-order valence-corrected chi connectivity index (χ3v) is 4.99. The molecule has 1 fully saturated rings. The Morgan fingerprint density at radius 1 is 1.07 bits per heavy atom. The molecule has 0 aromatic heterocycles. The summed E-state index contributed by atoms with van der Waals surface area (Å²) >= 11 is 0. The highest BCUT2D eigenvalue weighted by molar-refractivity contribution is 14.0. The number of carbonyl (C=O) groups is 2. The van der Waals surface area contributed by atoms with E-state index in [1.165, 1.54) is 0 Å². The molecule has 0 saturated heterocycles. The number of hydrogen-bond donors (Lipinski definition) is 3. The number of amides is 2. The molecule has 1 aromatic carbocycles. The van der Waals surface area contributed by atoms with Crippen molar-refractivity contribution in [1.82, 2.24) is 20.9 Å². The van der Waals surface area contributed by atoms with Crippen molar-refractivity contribution in [2.24, 2.45) is 10.4 Å².